The van der Waals surface area contributed by atoms with Gasteiger partial charge in [0.05, 0.1) is 17.2 Å². The third kappa shape index (κ3) is 6.78. The molecule has 0 aliphatic carbocycles. The average Bonchev–Trinajstić information content (AvgIpc) is 2.73. The van der Waals surface area contributed by atoms with Gasteiger partial charge in [0.15, 0.2) is 11.5 Å². The van der Waals surface area contributed by atoms with Gasteiger partial charge in [-0.15, -0.1) is 12.4 Å². The highest BCUT2D eigenvalue weighted by Gasteiger charge is 2.08. The van der Waals surface area contributed by atoms with Gasteiger partial charge >= 0.3 is 0 Å². The minimum atomic E-state index is -0.167. The minimum Gasteiger partial charge on any atom is -0.493 e. The van der Waals surface area contributed by atoms with Crippen LogP contribution >= 0.6 is 35.6 Å². The molecular weight excluding hydrogens is 448 g/mol. The molecule has 30 heavy (non-hydrogen) atoms. The maximum absolute atomic E-state index is 13.6. The Bertz CT molecular complexity index is 969. The first kappa shape index (κ1) is 24.3. The number of nitrogens with one attached hydrogen (secondary N) is 1. The first-order valence-corrected chi connectivity index (χ1v) is 10.00. The smallest absolute Gasteiger partial charge is 0.161 e. The van der Waals surface area contributed by atoms with Crippen LogP contribution in [0.15, 0.2) is 60.7 Å². The van der Waals surface area contributed by atoms with Gasteiger partial charge in [-0.1, -0.05) is 53.5 Å². The molecule has 3 aromatic carbocycles. The molecule has 1 N–H and O–H groups in total. The second-order valence-electron chi connectivity index (χ2n) is 6.54. The van der Waals surface area contributed by atoms with Crippen molar-refractivity contribution in [2.24, 2.45) is 0 Å². The van der Waals surface area contributed by atoms with Gasteiger partial charge in [0.1, 0.15) is 12.4 Å². The minimum absolute atomic E-state index is 0. The number of hydrogen-bond donors (Lipinski definition) is 1. The van der Waals surface area contributed by atoms with Crippen LogP contribution in [0.4, 0.5) is 4.39 Å². The van der Waals surface area contributed by atoms with Crippen molar-refractivity contribution in [3.8, 4) is 11.5 Å². The predicted octanol–water partition coefficient (Wildman–Crippen LogP) is 6.47. The standard InChI is InChI=1S/C23H22Cl2FNO2.ClH/c1-28-23-13-16(14-27-11-10-18-4-2-3-5-21(18)26)7-9-22(23)29-15-17-6-8-19(24)20(25)12-17;/h2-9,12-13,27H,10-11,14-15H2,1H3;1H. The average molecular weight is 471 g/mol. The zero-order valence-electron chi connectivity index (χ0n) is 16.5. The Morgan fingerprint density at radius 3 is 2.40 bits per heavy atom. The number of hydrogen-bond acceptors (Lipinski definition) is 3. The van der Waals surface area contributed by atoms with E-state index >= 15 is 0 Å². The zero-order valence-corrected chi connectivity index (χ0v) is 18.8. The number of methoxy groups -OCH3 is 1. The van der Waals surface area contributed by atoms with Crippen molar-refractivity contribution >= 4 is 35.6 Å². The fourth-order valence-corrected chi connectivity index (χ4v) is 3.21. The third-order valence-corrected chi connectivity index (χ3v) is 5.20. The SMILES string of the molecule is COc1cc(CNCCc2ccccc2F)ccc1OCc1ccc(Cl)c(Cl)c1.Cl. The normalized spacial score (nSPS) is 10.4. The summed E-state index contributed by atoms with van der Waals surface area (Å²) in [6, 6.07) is 18.0. The second-order valence-corrected chi connectivity index (χ2v) is 7.35. The molecule has 0 aliphatic heterocycles. The summed E-state index contributed by atoms with van der Waals surface area (Å²) in [5.41, 5.74) is 2.68. The molecule has 0 aromatic heterocycles. The molecule has 0 saturated carbocycles. The van der Waals surface area contributed by atoms with Crippen LogP contribution in [0.2, 0.25) is 10.0 Å². The van der Waals surface area contributed by atoms with Crippen molar-refractivity contribution in [3.63, 3.8) is 0 Å². The Kier molecular flexibility index (Phi) is 9.73. The summed E-state index contributed by atoms with van der Waals surface area (Å²) < 4.78 is 25.0. The molecule has 7 heteroatoms. The molecule has 0 heterocycles. The lowest BCUT2D eigenvalue weighted by molar-refractivity contribution is 0.284. The number of halogens is 4. The van der Waals surface area contributed by atoms with E-state index in [1.807, 2.05) is 30.3 Å². The van der Waals surface area contributed by atoms with Crippen LogP contribution in [-0.2, 0) is 19.6 Å². The van der Waals surface area contributed by atoms with E-state index in [4.69, 9.17) is 32.7 Å². The van der Waals surface area contributed by atoms with E-state index in [1.165, 1.54) is 6.07 Å². The Labute approximate surface area is 192 Å². The topological polar surface area (TPSA) is 30.5 Å². The number of ether oxygens (including phenoxy) is 2. The molecule has 160 valence electrons. The largest absolute Gasteiger partial charge is 0.493 e. The van der Waals surface area contributed by atoms with Crippen LogP contribution < -0.4 is 14.8 Å². The molecule has 0 radical (unpaired) electrons. The molecule has 0 aliphatic rings. The van der Waals surface area contributed by atoms with E-state index in [1.54, 1.807) is 31.4 Å². The summed E-state index contributed by atoms with van der Waals surface area (Å²) in [5.74, 6) is 1.13. The van der Waals surface area contributed by atoms with E-state index in [0.29, 0.717) is 53.2 Å². The lowest BCUT2D eigenvalue weighted by Gasteiger charge is -2.13. The zero-order chi connectivity index (χ0) is 20.6. The van der Waals surface area contributed by atoms with E-state index in [0.717, 1.165) is 11.1 Å². The van der Waals surface area contributed by atoms with Crippen molar-refractivity contribution in [1.29, 1.82) is 0 Å². The Hall–Kier alpha value is -1.98. The van der Waals surface area contributed by atoms with Crippen LogP contribution in [0.3, 0.4) is 0 Å². The number of benzene rings is 3. The quantitative estimate of drug-likeness (QED) is 0.363. The van der Waals surface area contributed by atoms with Crippen LogP contribution in [0.25, 0.3) is 0 Å². The van der Waals surface area contributed by atoms with Crippen molar-refractivity contribution in [1.82, 2.24) is 5.32 Å². The molecule has 3 aromatic rings. The van der Waals surface area contributed by atoms with Crippen LogP contribution in [0.5, 0.6) is 11.5 Å². The van der Waals surface area contributed by atoms with Crippen molar-refractivity contribution in [2.75, 3.05) is 13.7 Å². The van der Waals surface area contributed by atoms with Crippen LogP contribution in [0, 0.1) is 5.82 Å². The number of rotatable bonds is 9. The molecule has 0 amide bonds. The lowest BCUT2D eigenvalue weighted by Crippen LogP contribution is -2.17. The maximum Gasteiger partial charge on any atom is 0.161 e. The highest BCUT2D eigenvalue weighted by Crippen LogP contribution is 2.29. The van der Waals surface area contributed by atoms with E-state index in [2.05, 4.69) is 5.32 Å². The third-order valence-electron chi connectivity index (χ3n) is 4.46. The Morgan fingerprint density at radius 1 is 0.900 bits per heavy atom. The van der Waals surface area contributed by atoms with Crippen LogP contribution in [0.1, 0.15) is 16.7 Å². The second kappa shape index (κ2) is 12.0. The van der Waals surface area contributed by atoms with E-state index in [-0.39, 0.29) is 18.2 Å². The first-order valence-electron chi connectivity index (χ1n) is 9.24. The molecule has 0 atom stereocenters. The van der Waals surface area contributed by atoms with Gasteiger partial charge in [0, 0.05) is 6.54 Å². The maximum atomic E-state index is 13.6. The highest BCUT2D eigenvalue weighted by atomic mass is 35.5. The van der Waals surface area contributed by atoms with Gasteiger partial charge in [-0.2, -0.15) is 0 Å². The summed E-state index contributed by atoms with van der Waals surface area (Å²) in [6.45, 7) is 1.68. The molecule has 3 nitrogen and oxygen atoms in total. The molecule has 0 saturated heterocycles. The molecule has 3 rings (SSSR count). The van der Waals surface area contributed by atoms with E-state index in [9.17, 15) is 4.39 Å². The summed E-state index contributed by atoms with van der Waals surface area (Å²) in [4.78, 5) is 0. The first-order chi connectivity index (χ1) is 14.1. The van der Waals surface area contributed by atoms with Gasteiger partial charge in [0.2, 0.25) is 0 Å². The molecular formula is C23H23Cl3FNO2. The molecule has 0 unspecified atom stereocenters. The Morgan fingerprint density at radius 2 is 1.67 bits per heavy atom. The van der Waals surface area contributed by atoms with Gasteiger partial charge in [-0.05, 0) is 60.0 Å². The van der Waals surface area contributed by atoms with Crippen molar-refractivity contribution < 1.29 is 13.9 Å². The van der Waals surface area contributed by atoms with Crippen molar-refractivity contribution in [2.45, 2.75) is 19.6 Å². The lowest BCUT2D eigenvalue weighted by atomic mass is 10.1. The monoisotopic (exact) mass is 469 g/mol. The van der Waals surface area contributed by atoms with Crippen LogP contribution in [-0.4, -0.2) is 13.7 Å². The summed E-state index contributed by atoms with van der Waals surface area (Å²) in [6.07, 6.45) is 0.634. The molecule has 0 bridgehead atoms. The molecule has 0 fully saturated rings. The van der Waals surface area contributed by atoms with Crippen molar-refractivity contribution in [3.05, 3.63) is 93.2 Å². The predicted molar refractivity (Wildman–Crippen MR) is 123 cm³/mol. The Balaban J connectivity index is 0.00000320. The highest BCUT2D eigenvalue weighted by molar-refractivity contribution is 6.42. The van der Waals surface area contributed by atoms with E-state index < -0.39 is 0 Å². The van der Waals surface area contributed by atoms with Gasteiger partial charge in [-0.25, -0.2) is 4.39 Å². The molecule has 0 spiro atoms. The summed E-state index contributed by atoms with van der Waals surface area (Å²) >= 11 is 12.0. The fraction of sp³-hybridized carbons (Fsp3) is 0.217. The van der Waals surface area contributed by atoms with Gasteiger partial charge in [-0.3, -0.25) is 0 Å². The fourth-order valence-electron chi connectivity index (χ4n) is 2.89. The van der Waals surface area contributed by atoms with Gasteiger partial charge in [0.25, 0.3) is 0 Å². The van der Waals surface area contributed by atoms with Gasteiger partial charge < -0.3 is 14.8 Å². The summed E-state index contributed by atoms with van der Waals surface area (Å²) in [5, 5.41) is 4.34. The summed E-state index contributed by atoms with van der Waals surface area (Å²) in [7, 11) is 1.61.